The van der Waals surface area contributed by atoms with Crippen molar-refractivity contribution in [2.24, 2.45) is 5.84 Å². The van der Waals surface area contributed by atoms with Gasteiger partial charge in [-0.2, -0.15) is 11.8 Å². The van der Waals surface area contributed by atoms with Gasteiger partial charge in [-0.15, -0.1) is 0 Å². The molecule has 2 unspecified atom stereocenters. The highest BCUT2D eigenvalue weighted by Crippen LogP contribution is 2.23. The maximum atomic E-state index is 5.72. The third kappa shape index (κ3) is 2.87. The minimum atomic E-state index is 0.109. The van der Waals surface area contributed by atoms with E-state index in [0.717, 1.165) is 37.6 Å². The molecule has 1 saturated heterocycles. The summed E-state index contributed by atoms with van der Waals surface area (Å²) in [5.41, 5.74) is 4.09. The van der Waals surface area contributed by atoms with Gasteiger partial charge in [-0.3, -0.25) is 11.3 Å². The fourth-order valence-corrected chi connectivity index (χ4v) is 2.87. The molecule has 0 aromatic heterocycles. The second-order valence-corrected chi connectivity index (χ2v) is 4.95. The van der Waals surface area contributed by atoms with E-state index in [1.807, 2.05) is 18.0 Å². The highest BCUT2D eigenvalue weighted by atomic mass is 32.2. The molecule has 2 rings (SSSR count). The summed E-state index contributed by atoms with van der Waals surface area (Å²) >= 11 is 1.92. The monoisotopic (exact) mass is 230 g/mol. The number of ether oxygens (including phenoxy) is 2. The Balaban J connectivity index is 1.98. The van der Waals surface area contributed by atoms with Crippen molar-refractivity contribution >= 4 is 11.8 Å². The Morgan fingerprint density at radius 1 is 1.53 bits per heavy atom. The standard InChI is InChI=1S/C10H18N2O2S/c11-12-10(8-2-1-3-13-6-8)9-7-15-5-4-14-9/h6,9-10,12H,1-5,7,11H2. The molecule has 1 fully saturated rings. The van der Waals surface area contributed by atoms with E-state index in [0.29, 0.717) is 0 Å². The SMILES string of the molecule is NNC(C1=COCCC1)C1CSCCO1. The van der Waals surface area contributed by atoms with Gasteiger partial charge in [0.25, 0.3) is 0 Å². The number of nitrogens with two attached hydrogens (primary N) is 1. The molecule has 0 bridgehead atoms. The summed E-state index contributed by atoms with van der Waals surface area (Å²) in [5, 5.41) is 0. The molecule has 0 spiro atoms. The number of nitrogens with one attached hydrogen (secondary N) is 1. The van der Waals surface area contributed by atoms with Crippen LogP contribution in [0.1, 0.15) is 12.8 Å². The van der Waals surface area contributed by atoms with Gasteiger partial charge in [0.1, 0.15) is 0 Å². The lowest BCUT2D eigenvalue weighted by molar-refractivity contribution is 0.0526. The summed E-state index contributed by atoms with van der Waals surface area (Å²) in [6.07, 6.45) is 4.15. The molecular formula is C10H18N2O2S. The highest BCUT2D eigenvalue weighted by molar-refractivity contribution is 7.99. The van der Waals surface area contributed by atoms with Gasteiger partial charge in [-0.05, 0) is 18.4 Å². The van der Waals surface area contributed by atoms with E-state index in [1.165, 1.54) is 5.57 Å². The van der Waals surface area contributed by atoms with E-state index in [2.05, 4.69) is 5.43 Å². The molecule has 5 heteroatoms. The van der Waals surface area contributed by atoms with Crippen molar-refractivity contribution in [2.45, 2.75) is 25.0 Å². The summed E-state index contributed by atoms with van der Waals surface area (Å²) in [5.74, 6) is 7.69. The van der Waals surface area contributed by atoms with E-state index >= 15 is 0 Å². The molecule has 3 N–H and O–H groups in total. The van der Waals surface area contributed by atoms with Crippen LogP contribution >= 0.6 is 11.8 Å². The van der Waals surface area contributed by atoms with Crippen molar-refractivity contribution in [3.05, 3.63) is 11.8 Å². The average molecular weight is 230 g/mol. The molecule has 0 aromatic carbocycles. The molecule has 2 aliphatic rings. The van der Waals surface area contributed by atoms with Gasteiger partial charge in [0.2, 0.25) is 0 Å². The van der Waals surface area contributed by atoms with Gasteiger partial charge in [0.05, 0.1) is 31.6 Å². The lowest BCUT2D eigenvalue weighted by Gasteiger charge is -2.32. The molecule has 4 nitrogen and oxygen atoms in total. The van der Waals surface area contributed by atoms with Gasteiger partial charge in [-0.1, -0.05) is 0 Å². The highest BCUT2D eigenvalue weighted by Gasteiger charge is 2.27. The second-order valence-electron chi connectivity index (χ2n) is 3.80. The minimum absolute atomic E-state index is 0.109. The molecular weight excluding hydrogens is 212 g/mol. The van der Waals surface area contributed by atoms with Crippen LogP contribution in [0.4, 0.5) is 0 Å². The van der Waals surface area contributed by atoms with Crippen LogP contribution < -0.4 is 11.3 Å². The molecule has 0 saturated carbocycles. The number of hydrogen-bond donors (Lipinski definition) is 2. The summed E-state index contributed by atoms with van der Waals surface area (Å²) < 4.78 is 11.1. The predicted molar refractivity (Wildman–Crippen MR) is 61.4 cm³/mol. The molecule has 2 heterocycles. The second kappa shape index (κ2) is 5.75. The van der Waals surface area contributed by atoms with Crippen LogP contribution in [0.2, 0.25) is 0 Å². The van der Waals surface area contributed by atoms with Crippen LogP contribution in [-0.2, 0) is 9.47 Å². The van der Waals surface area contributed by atoms with Crippen LogP contribution in [0.3, 0.4) is 0 Å². The summed E-state index contributed by atoms with van der Waals surface area (Å²) in [4.78, 5) is 0. The van der Waals surface area contributed by atoms with Crippen molar-refractivity contribution in [1.82, 2.24) is 5.43 Å². The zero-order valence-corrected chi connectivity index (χ0v) is 9.59. The van der Waals surface area contributed by atoms with Gasteiger partial charge in [-0.25, -0.2) is 0 Å². The topological polar surface area (TPSA) is 56.5 Å². The maximum Gasteiger partial charge on any atom is 0.0876 e. The zero-order chi connectivity index (χ0) is 10.5. The van der Waals surface area contributed by atoms with E-state index < -0.39 is 0 Å². The predicted octanol–water partition coefficient (Wildman–Crippen LogP) is 0.645. The number of rotatable bonds is 3. The lowest BCUT2D eigenvalue weighted by Crippen LogP contribution is -2.49. The Morgan fingerprint density at radius 2 is 2.47 bits per heavy atom. The summed E-state index contributed by atoms with van der Waals surface area (Å²) in [6.45, 7) is 1.64. The first-order valence-electron chi connectivity index (χ1n) is 5.38. The van der Waals surface area contributed by atoms with Gasteiger partial charge in [0, 0.05) is 11.5 Å². The maximum absolute atomic E-state index is 5.72. The third-order valence-corrected chi connectivity index (χ3v) is 3.77. The first kappa shape index (κ1) is 11.3. The van der Waals surface area contributed by atoms with Crippen molar-refractivity contribution in [3.63, 3.8) is 0 Å². The Labute approximate surface area is 94.5 Å². The van der Waals surface area contributed by atoms with Crippen LogP contribution in [0, 0.1) is 0 Å². The van der Waals surface area contributed by atoms with Crippen molar-refractivity contribution in [1.29, 1.82) is 0 Å². The fraction of sp³-hybridized carbons (Fsp3) is 0.800. The quantitative estimate of drug-likeness (QED) is 0.550. The smallest absolute Gasteiger partial charge is 0.0876 e. The largest absolute Gasteiger partial charge is 0.501 e. The normalized spacial score (nSPS) is 29.1. The fourth-order valence-electron chi connectivity index (χ4n) is 1.96. The molecule has 0 aliphatic carbocycles. The van der Waals surface area contributed by atoms with Gasteiger partial charge in [0.15, 0.2) is 0 Å². The third-order valence-electron chi connectivity index (χ3n) is 2.75. The Morgan fingerprint density at radius 3 is 3.07 bits per heavy atom. The summed E-state index contributed by atoms with van der Waals surface area (Å²) in [6, 6.07) is 0.109. The van der Waals surface area contributed by atoms with E-state index in [9.17, 15) is 0 Å². The average Bonchev–Trinajstić information content (AvgIpc) is 2.33. The van der Waals surface area contributed by atoms with Crippen molar-refractivity contribution in [3.8, 4) is 0 Å². The number of hydrazine groups is 1. The Bertz CT molecular complexity index is 229. The molecule has 86 valence electrons. The molecule has 0 amide bonds. The molecule has 15 heavy (non-hydrogen) atoms. The number of thioether (sulfide) groups is 1. The van der Waals surface area contributed by atoms with E-state index in [1.54, 1.807) is 0 Å². The summed E-state index contributed by atoms with van der Waals surface area (Å²) in [7, 11) is 0. The van der Waals surface area contributed by atoms with E-state index in [-0.39, 0.29) is 12.1 Å². The van der Waals surface area contributed by atoms with Crippen molar-refractivity contribution in [2.75, 3.05) is 24.7 Å². The van der Waals surface area contributed by atoms with Crippen LogP contribution in [0.5, 0.6) is 0 Å². The Hall–Kier alpha value is -0.230. The van der Waals surface area contributed by atoms with Gasteiger partial charge >= 0.3 is 0 Å². The van der Waals surface area contributed by atoms with Crippen LogP contribution in [0.25, 0.3) is 0 Å². The van der Waals surface area contributed by atoms with Crippen LogP contribution in [0.15, 0.2) is 11.8 Å². The molecule has 0 radical (unpaired) electrons. The molecule has 0 aromatic rings. The number of hydrogen-bond acceptors (Lipinski definition) is 5. The lowest BCUT2D eigenvalue weighted by atomic mass is 9.98. The van der Waals surface area contributed by atoms with Crippen molar-refractivity contribution < 1.29 is 9.47 Å². The first-order chi connectivity index (χ1) is 7.42. The molecule has 2 atom stereocenters. The van der Waals surface area contributed by atoms with Crippen LogP contribution in [-0.4, -0.2) is 36.9 Å². The minimum Gasteiger partial charge on any atom is -0.501 e. The molecule has 2 aliphatic heterocycles. The van der Waals surface area contributed by atoms with E-state index in [4.69, 9.17) is 15.3 Å². The first-order valence-corrected chi connectivity index (χ1v) is 6.53. The Kier molecular flexibility index (Phi) is 4.31. The van der Waals surface area contributed by atoms with Gasteiger partial charge < -0.3 is 9.47 Å². The zero-order valence-electron chi connectivity index (χ0n) is 8.78.